The van der Waals surface area contributed by atoms with Crippen LogP contribution in [0.3, 0.4) is 0 Å². The number of amides is 2. The highest BCUT2D eigenvalue weighted by Gasteiger charge is 2.23. The molecular weight excluding hydrogens is 298 g/mol. The van der Waals surface area contributed by atoms with Gasteiger partial charge in [-0.05, 0) is 24.6 Å². The van der Waals surface area contributed by atoms with Crippen LogP contribution >= 0.6 is 11.3 Å². The monoisotopic (exact) mass is 317 g/mol. The highest BCUT2D eigenvalue weighted by molar-refractivity contribution is 7.13. The second-order valence-corrected chi connectivity index (χ2v) is 6.11. The van der Waals surface area contributed by atoms with E-state index in [1.807, 2.05) is 35.5 Å². The second-order valence-electron chi connectivity index (χ2n) is 5.24. The first-order valence-corrected chi connectivity index (χ1v) is 8.22. The van der Waals surface area contributed by atoms with E-state index in [0.717, 1.165) is 23.8 Å². The van der Waals surface area contributed by atoms with Crippen molar-refractivity contribution in [3.05, 3.63) is 41.7 Å². The van der Waals surface area contributed by atoms with Crippen molar-refractivity contribution in [3.63, 3.8) is 0 Å². The summed E-state index contributed by atoms with van der Waals surface area (Å²) >= 11 is 1.64. The number of carbonyl (C=O) groups is 1. The van der Waals surface area contributed by atoms with Gasteiger partial charge in [0.15, 0.2) is 5.13 Å². The van der Waals surface area contributed by atoms with Crippen LogP contribution in [0.15, 0.2) is 36.1 Å². The van der Waals surface area contributed by atoms with Gasteiger partial charge in [-0.3, -0.25) is 4.98 Å². The summed E-state index contributed by atoms with van der Waals surface area (Å²) in [5, 5.41) is 6.05. The van der Waals surface area contributed by atoms with Gasteiger partial charge in [0.05, 0.1) is 6.04 Å². The number of urea groups is 1. The van der Waals surface area contributed by atoms with Gasteiger partial charge in [0.2, 0.25) is 0 Å². The first-order valence-electron chi connectivity index (χ1n) is 7.34. The number of pyridine rings is 1. The van der Waals surface area contributed by atoms with Gasteiger partial charge >= 0.3 is 6.03 Å². The van der Waals surface area contributed by atoms with E-state index in [0.29, 0.717) is 13.1 Å². The molecule has 1 aliphatic heterocycles. The molecule has 0 unspecified atom stereocenters. The van der Waals surface area contributed by atoms with Crippen molar-refractivity contribution in [2.45, 2.75) is 13.0 Å². The normalized spacial score (nSPS) is 16.4. The smallest absolute Gasteiger partial charge is 0.317 e. The Balaban J connectivity index is 1.52. The van der Waals surface area contributed by atoms with Crippen molar-refractivity contribution in [2.75, 3.05) is 31.1 Å². The summed E-state index contributed by atoms with van der Waals surface area (Å²) in [6.07, 6.45) is 5.30. The zero-order valence-electron chi connectivity index (χ0n) is 12.5. The highest BCUT2D eigenvalue weighted by atomic mass is 32.1. The molecule has 1 N–H and O–H groups in total. The summed E-state index contributed by atoms with van der Waals surface area (Å²) in [6.45, 7) is 5.07. The van der Waals surface area contributed by atoms with E-state index in [2.05, 4.69) is 20.2 Å². The number of carbonyl (C=O) groups excluding carboxylic acids is 1. The third-order valence-electron chi connectivity index (χ3n) is 3.80. The van der Waals surface area contributed by atoms with Crippen molar-refractivity contribution in [1.82, 2.24) is 20.2 Å². The topological polar surface area (TPSA) is 61.4 Å². The minimum atomic E-state index is -0.0208. The highest BCUT2D eigenvalue weighted by Crippen LogP contribution is 2.19. The zero-order valence-corrected chi connectivity index (χ0v) is 13.3. The van der Waals surface area contributed by atoms with Gasteiger partial charge in [-0.1, -0.05) is 0 Å². The summed E-state index contributed by atoms with van der Waals surface area (Å²) in [7, 11) is 0. The summed E-state index contributed by atoms with van der Waals surface area (Å²) in [4.78, 5) is 24.7. The second kappa shape index (κ2) is 6.74. The predicted molar refractivity (Wildman–Crippen MR) is 87.1 cm³/mol. The van der Waals surface area contributed by atoms with Crippen LogP contribution in [0.1, 0.15) is 18.5 Å². The fourth-order valence-corrected chi connectivity index (χ4v) is 3.18. The molecule has 1 saturated heterocycles. The molecule has 0 saturated carbocycles. The lowest BCUT2D eigenvalue weighted by atomic mass is 10.1. The third-order valence-corrected chi connectivity index (χ3v) is 4.63. The van der Waals surface area contributed by atoms with Gasteiger partial charge in [-0.15, -0.1) is 11.3 Å². The number of anilines is 1. The van der Waals surface area contributed by atoms with Gasteiger partial charge in [0.1, 0.15) is 0 Å². The number of nitrogens with zero attached hydrogens (tertiary/aromatic N) is 4. The van der Waals surface area contributed by atoms with Crippen molar-refractivity contribution in [2.24, 2.45) is 0 Å². The molecule has 116 valence electrons. The molecule has 2 amide bonds. The van der Waals surface area contributed by atoms with Crippen LogP contribution in [0.25, 0.3) is 0 Å². The lowest BCUT2D eigenvalue weighted by Crippen LogP contribution is -2.52. The SMILES string of the molecule is C[C@@H](NC(=O)N1CCN(c2nccs2)CC1)c1ccncc1. The van der Waals surface area contributed by atoms with E-state index in [1.54, 1.807) is 23.7 Å². The number of hydrogen-bond acceptors (Lipinski definition) is 5. The lowest BCUT2D eigenvalue weighted by molar-refractivity contribution is 0.191. The number of piperazine rings is 1. The van der Waals surface area contributed by atoms with Gasteiger partial charge in [-0.25, -0.2) is 9.78 Å². The Bertz CT molecular complexity index is 596. The molecule has 0 spiro atoms. The average molecular weight is 317 g/mol. The van der Waals surface area contributed by atoms with E-state index < -0.39 is 0 Å². The molecule has 2 aromatic heterocycles. The molecule has 0 radical (unpaired) electrons. The first-order chi connectivity index (χ1) is 10.7. The van der Waals surface area contributed by atoms with Crippen LogP contribution in [0.4, 0.5) is 9.93 Å². The number of hydrogen-bond donors (Lipinski definition) is 1. The first kappa shape index (κ1) is 14.8. The van der Waals surface area contributed by atoms with E-state index in [9.17, 15) is 4.79 Å². The maximum Gasteiger partial charge on any atom is 0.317 e. The third kappa shape index (κ3) is 3.36. The molecular formula is C15H19N5OS. The number of rotatable bonds is 3. The van der Waals surface area contributed by atoms with Crippen LogP contribution in [0.2, 0.25) is 0 Å². The maximum absolute atomic E-state index is 12.3. The lowest BCUT2D eigenvalue weighted by Gasteiger charge is -2.35. The van der Waals surface area contributed by atoms with Crippen molar-refractivity contribution >= 4 is 22.5 Å². The van der Waals surface area contributed by atoms with Gasteiger partial charge < -0.3 is 15.1 Å². The molecule has 0 bridgehead atoms. The van der Waals surface area contributed by atoms with Crippen LogP contribution in [-0.4, -0.2) is 47.1 Å². The average Bonchev–Trinajstić information content (AvgIpc) is 3.10. The fraction of sp³-hybridized carbons (Fsp3) is 0.400. The van der Waals surface area contributed by atoms with Gasteiger partial charge in [0.25, 0.3) is 0 Å². The largest absolute Gasteiger partial charge is 0.345 e. The van der Waals surface area contributed by atoms with Gasteiger partial charge in [0, 0.05) is 50.1 Å². The fourth-order valence-electron chi connectivity index (χ4n) is 2.48. The molecule has 7 heteroatoms. The van der Waals surface area contributed by atoms with Crippen LogP contribution in [0, 0.1) is 0 Å². The summed E-state index contributed by atoms with van der Waals surface area (Å²) in [6, 6.07) is 3.81. The maximum atomic E-state index is 12.3. The molecule has 1 atom stereocenters. The summed E-state index contributed by atoms with van der Waals surface area (Å²) in [5.74, 6) is 0. The van der Waals surface area contributed by atoms with E-state index >= 15 is 0 Å². The Morgan fingerprint density at radius 1 is 1.23 bits per heavy atom. The van der Waals surface area contributed by atoms with Crippen LogP contribution < -0.4 is 10.2 Å². The molecule has 2 aromatic rings. The quantitative estimate of drug-likeness (QED) is 0.942. The van der Waals surface area contributed by atoms with Crippen LogP contribution in [0.5, 0.6) is 0 Å². The molecule has 3 heterocycles. The Kier molecular flexibility index (Phi) is 4.53. The number of nitrogens with one attached hydrogen (secondary N) is 1. The number of thiazole rings is 1. The Morgan fingerprint density at radius 3 is 2.59 bits per heavy atom. The van der Waals surface area contributed by atoms with Crippen molar-refractivity contribution < 1.29 is 4.79 Å². The minimum absolute atomic E-state index is 0.0110. The van der Waals surface area contributed by atoms with E-state index in [1.165, 1.54) is 0 Å². The Hall–Kier alpha value is -2.15. The molecule has 3 rings (SSSR count). The van der Waals surface area contributed by atoms with Gasteiger partial charge in [-0.2, -0.15) is 0 Å². The molecule has 1 aliphatic rings. The summed E-state index contributed by atoms with van der Waals surface area (Å²) < 4.78 is 0. The molecule has 22 heavy (non-hydrogen) atoms. The Labute approximate surface area is 133 Å². The zero-order chi connectivity index (χ0) is 15.4. The predicted octanol–water partition coefficient (Wildman–Crippen LogP) is 2.13. The van der Waals surface area contributed by atoms with Crippen molar-refractivity contribution in [3.8, 4) is 0 Å². The summed E-state index contributed by atoms with van der Waals surface area (Å²) in [5.41, 5.74) is 1.06. The van der Waals surface area contributed by atoms with E-state index in [4.69, 9.17) is 0 Å². The molecule has 6 nitrogen and oxygen atoms in total. The minimum Gasteiger partial charge on any atom is -0.345 e. The number of aromatic nitrogens is 2. The van der Waals surface area contributed by atoms with E-state index in [-0.39, 0.29) is 12.1 Å². The van der Waals surface area contributed by atoms with Crippen molar-refractivity contribution in [1.29, 1.82) is 0 Å². The molecule has 0 aliphatic carbocycles. The molecule has 0 aromatic carbocycles. The Morgan fingerprint density at radius 2 is 1.95 bits per heavy atom. The standard InChI is InChI=1S/C15H19N5OS/c1-12(13-2-4-16-5-3-13)18-14(21)19-7-9-20(10-8-19)15-17-6-11-22-15/h2-6,11-12H,7-10H2,1H3,(H,18,21)/t12-/m1/s1. The molecule has 1 fully saturated rings. The van der Waals surface area contributed by atoms with Crippen LogP contribution in [-0.2, 0) is 0 Å².